The maximum absolute atomic E-state index is 3.74. The first kappa shape index (κ1) is 14.0. The van der Waals surface area contributed by atoms with Crippen LogP contribution in [-0.2, 0) is 0 Å². The van der Waals surface area contributed by atoms with E-state index in [9.17, 15) is 0 Å². The molecule has 0 fully saturated rings. The third kappa shape index (κ3) is 4.83. The minimum Gasteiger partial charge on any atom is -0.0991 e. The summed E-state index contributed by atoms with van der Waals surface area (Å²) in [6.07, 6.45) is 12.0. The summed E-state index contributed by atoms with van der Waals surface area (Å²) in [5.41, 5.74) is 4.39. The Morgan fingerprint density at radius 3 is 2.40 bits per heavy atom. The van der Waals surface area contributed by atoms with E-state index in [0.717, 1.165) is 6.42 Å². The molecule has 0 saturated carbocycles. The monoisotopic (exact) mass is 204 g/mol. The highest BCUT2D eigenvalue weighted by molar-refractivity contribution is 5.38. The van der Waals surface area contributed by atoms with Gasteiger partial charge >= 0.3 is 0 Å². The lowest BCUT2D eigenvalue weighted by atomic mass is 9.92. The molecule has 1 aliphatic carbocycles. The predicted molar refractivity (Wildman–Crippen MR) is 71.0 cm³/mol. The summed E-state index contributed by atoms with van der Waals surface area (Å²) < 4.78 is 0. The van der Waals surface area contributed by atoms with Crippen LogP contribution in [0.25, 0.3) is 0 Å². The van der Waals surface area contributed by atoms with E-state index < -0.39 is 0 Å². The Hall–Kier alpha value is -1.04. The minimum atomic E-state index is 1.10. The number of hydrogen-bond donors (Lipinski definition) is 0. The summed E-state index contributed by atoms with van der Waals surface area (Å²) in [6.45, 7) is 12.1. The lowest BCUT2D eigenvalue weighted by Gasteiger charge is -2.13. The van der Waals surface area contributed by atoms with Crippen molar-refractivity contribution in [3.8, 4) is 0 Å². The molecule has 0 aromatic carbocycles. The zero-order valence-corrected chi connectivity index (χ0v) is 10.6. The van der Waals surface area contributed by atoms with E-state index in [0.29, 0.717) is 0 Å². The molecule has 0 atom stereocenters. The van der Waals surface area contributed by atoms with Crippen LogP contribution in [0.4, 0.5) is 0 Å². The first-order chi connectivity index (χ1) is 7.27. The zero-order valence-electron chi connectivity index (χ0n) is 10.6. The molecule has 0 spiro atoms. The zero-order chi connectivity index (χ0) is 11.7. The fourth-order valence-electron chi connectivity index (χ4n) is 1.60. The summed E-state index contributed by atoms with van der Waals surface area (Å²) >= 11 is 0. The third-order valence-corrected chi connectivity index (χ3v) is 2.47. The largest absolute Gasteiger partial charge is 0.0991 e. The second-order valence-corrected chi connectivity index (χ2v) is 3.49. The quantitative estimate of drug-likeness (QED) is 0.554. The van der Waals surface area contributed by atoms with E-state index in [1.54, 1.807) is 0 Å². The second-order valence-electron chi connectivity index (χ2n) is 3.49. The van der Waals surface area contributed by atoms with E-state index >= 15 is 0 Å². The van der Waals surface area contributed by atoms with Gasteiger partial charge in [0.1, 0.15) is 0 Å². The lowest BCUT2D eigenvalue weighted by Crippen LogP contribution is -1.94. The molecule has 0 radical (unpaired) electrons. The van der Waals surface area contributed by atoms with Gasteiger partial charge in [-0.3, -0.25) is 0 Å². The Labute approximate surface area is 95.1 Å². The Morgan fingerprint density at radius 2 is 2.00 bits per heavy atom. The van der Waals surface area contributed by atoms with Gasteiger partial charge in [0.2, 0.25) is 0 Å². The van der Waals surface area contributed by atoms with Gasteiger partial charge < -0.3 is 0 Å². The van der Waals surface area contributed by atoms with Crippen molar-refractivity contribution in [1.29, 1.82) is 0 Å². The van der Waals surface area contributed by atoms with Gasteiger partial charge in [0, 0.05) is 0 Å². The fraction of sp³-hybridized carbons (Fsp3) is 0.467. The van der Waals surface area contributed by atoms with Crippen LogP contribution < -0.4 is 0 Å². The average Bonchev–Trinajstić information content (AvgIpc) is 2.30. The first-order valence-electron chi connectivity index (χ1n) is 5.96. The SMILES string of the molecule is C=C/C=C(\CC)C1=CC=C(C)CC1.CC. The van der Waals surface area contributed by atoms with Gasteiger partial charge in [-0.15, -0.1) is 0 Å². The Bertz CT molecular complexity index is 274. The van der Waals surface area contributed by atoms with E-state index in [1.807, 2.05) is 19.9 Å². The Morgan fingerprint density at radius 1 is 1.33 bits per heavy atom. The number of hydrogen-bond acceptors (Lipinski definition) is 0. The molecule has 0 aliphatic heterocycles. The topological polar surface area (TPSA) is 0 Å². The Kier molecular flexibility index (Phi) is 7.71. The van der Waals surface area contributed by atoms with Crippen molar-refractivity contribution >= 4 is 0 Å². The lowest BCUT2D eigenvalue weighted by molar-refractivity contribution is 0.894. The van der Waals surface area contributed by atoms with E-state index in [4.69, 9.17) is 0 Å². The van der Waals surface area contributed by atoms with Crippen molar-refractivity contribution in [1.82, 2.24) is 0 Å². The molecule has 0 bridgehead atoms. The van der Waals surface area contributed by atoms with Crippen molar-refractivity contribution < 1.29 is 0 Å². The predicted octanol–water partition coefficient (Wildman–Crippen LogP) is 5.20. The summed E-state index contributed by atoms with van der Waals surface area (Å²) in [7, 11) is 0. The first-order valence-corrected chi connectivity index (χ1v) is 5.96. The van der Waals surface area contributed by atoms with Gasteiger partial charge in [0.05, 0.1) is 0 Å². The normalized spacial score (nSPS) is 15.9. The second kappa shape index (κ2) is 8.28. The molecule has 0 N–H and O–H groups in total. The van der Waals surface area contributed by atoms with Crippen molar-refractivity contribution in [3.05, 3.63) is 47.6 Å². The maximum atomic E-state index is 3.74. The number of allylic oxidation sites excluding steroid dienone is 7. The molecule has 0 heterocycles. The number of rotatable bonds is 3. The molecule has 0 unspecified atom stereocenters. The third-order valence-electron chi connectivity index (χ3n) is 2.47. The van der Waals surface area contributed by atoms with Crippen molar-refractivity contribution in [2.24, 2.45) is 0 Å². The molecular weight excluding hydrogens is 180 g/mol. The van der Waals surface area contributed by atoms with Crippen molar-refractivity contribution in [3.63, 3.8) is 0 Å². The van der Waals surface area contributed by atoms with Crippen LogP contribution in [-0.4, -0.2) is 0 Å². The smallest absolute Gasteiger partial charge is 0.0239 e. The highest BCUT2D eigenvalue weighted by atomic mass is 14.1. The minimum absolute atomic E-state index is 1.10. The van der Waals surface area contributed by atoms with E-state index in [2.05, 4.69) is 38.7 Å². The van der Waals surface area contributed by atoms with Crippen LogP contribution >= 0.6 is 0 Å². The molecule has 0 nitrogen and oxygen atoms in total. The van der Waals surface area contributed by atoms with Gasteiger partial charge in [-0.05, 0) is 37.3 Å². The maximum Gasteiger partial charge on any atom is -0.0239 e. The van der Waals surface area contributed by atoms with Gasteiger partial charge in [0.25, 0.3) is 0 Å². The van der Waals surface area contributed by atoms with E-state index in [1.165, 1.54) is 29.6 Å². The summed E-state index contributed by atoms with van der Waals surface area (Å²) in [6, 6.07) is 0. The van der Waals surface area contributed by atoms with Crippen molar-refractivity contribution in [2.45, 2.75) is 47.0 Å². The van der Waals surface area contributed by atoms with Crippen LogP contribution in [0.3, 0.4) is 0 Å². The van der Waals surface area contributed by atoms with Gasteiger partial charge in [0.15, 0.2) is 0 Å². The molecule has 0 aromatic rings. The average molecular weight is 204 g/mol. The fourth-order valence-corrected chi connectivity index (χ4v) is 1.60. The molecule has 15 heavy (non-hydrogen) atoms. The Balaban J connectivity index is 0.000000921. The summed E-state index contributed by atoms with van der Waals surface area (Å²) in [4.78, 5) is 0. The molecule has 0 heteroatoms. The standard InChI is InChI=1S/C13H18.C2H6/c1-4-6-12(5-2)13-9-7-11(3)8-10-13;1-2/h4,6-7,9H,1,5,8,10H2,2-3H3;1-2H3/b12-6+;. The molecule has 0 aromatic heterocycles. The van der Waals surface area contributed by atoms with Crippen LogP contribution in [0.5, 0.6) is 0 Å². The highest BCUT2D eigenvalue weighted by Gasteiger charge is 2.05. The van der Waals surface area contributed by atoms with Crippen molar-refractivity contribution in [2.75, 3.05) is 0 Å². The summed E-state index contributed by atoms with van der Waals surface area (Å²) in [5.74, 6) is 0. The molecule has 84 valence electrons. The summed E-state index contributed by atoms with van der Waals surface area (Å²) in [5, 5.41) is 0. The van der Waals surface area contributed by atoms with Crippen LogP contribution in [0.15, 0.2) is 47.6 Å². The van der Waals surface area contributed by atoms with Crippen LogP contribution in [0.2, 0.25) is 0 Å². The van der Waals surface area contributed by atoms with Gasteiger partial charge in [-0.25, -0.2) is 0 Å². The molecule has 0 saturated heterocycles. The van der Waals surface area contributed by atoms with E-state index in [-0.39, 0.29) is 0 Å². The van der Waals surface area contributed by atoms with Gasteiger partial charge in [-0.1, -0.05) is 57.2 Å². The van der Waals surface area contributed by atoms with Crippen LogP contribution in [0.1, 0.15) is 47.0 Å². The molecular formula is C15H24. The molecule has 1 aliphatic rings. The molecule has 0 amide bonds. The highest BCUT2D eigenvalue weighted by Crippen LogP contribution is 2.25. The van der Waals surface area contributed by atoms with Crippen LogP contribution in [0, 0.1) is 0 Å². The molecule has 1 rings (SSSR count). The van der Waals surface area contributed by atoms with Gasteiger partial charge in [-0.2, -0.15) is 0 Å².